The number of halogens is 3. The van der Waals surface area contributed by atoms with Crippen LogP contribution in [0, 0.1) is 11.6 Å². The number of nitrogens with zero attached hydrogens (tertiary/aromatic N) is 2. The topological polar surface area (TPSA) is 35.0 Å². The molecular weight excluding hydrogens is 262 g/mol. The van der Waals surface area contributed by atoms with Crippen LogP contribution in [0.4, 0.5) is 8.78 Å². The standard InChI is InChI=1S/C12H9ClF2N2O/c1-2-18-10-5-7(14)3-4-8(10)11-9(15)6-16-12(13)17-11/h3-6H,2H2,1H3. The first kappa shape index (κ1) is 12.7. The summed E-state index contributed by atoms with van der Waals surface area (Å²) in [5.74, 6) is -0.902. The maximum absolute atomic E-state index is 13.6. The lowest BCUT2D eigenvalue weighted by atomic mass is 10.1. The van der Waals surface area contributed by atoms with Gasteiger partial charge >= 0.3 is 0 Å². The van der Waals surface area contributed by atoms with Crippen LogP contribution < -0.4 is 4.74 Å². The van der Waals surface area contributed by atoms with Gasteiger partial charge < -0.3 is 4.74 Å². The van der Waals surface area contributed by atoms with Crippen molar-refractivity contribution in [2.45, 2.75) is 6.92 Å². The summed E-state index contributed by atoms with van der Waals surface area (Å²) in [7, 11) is 0. The molecule has 0 fully saturated rings. The van der Waals surface area contributed by atoms with Crippen molar-refractivity contribution in [1.29, 1.82) is 0 Å². The molecule has 6 heteroatoms. The molecule has 0 aliphatic heterocycles. The van der Waals surface area contributed by atoms with Crippen molar-refractivity contribution in [3.63, 3.8) is 0 Å². The second-order valence-electron chi connectivity index (χ2n) is 3.41. The fourth-order valence-corrected chi connectivity index (χ4v) is 1.63. The van der Waals surface area contributed by atoms with E-state index in [1.54, 1.807) is 6.92 Å². The van der Waals surface area contributed by atoms with Crippen LogP contribution in [0.2, 0.25) is 5.28 Å². The van der Waals surface area contributed by atoms with Gasteiger partial charge in [0, 0.05) is 11.6 Å². The summed E-state index contributed by atoms with van der Waals surface area (Å²) in [6.07, 6.45) is 0.962. The summed E-state index contributed by atoms with van der Waals surface area (Å²) in [4.78, 5) is 7.31. The van der Waals surface area contributed by atoms with Gasteiger partial charge in [-0.2, -0.15) is 0 Å². The Balaban J connectivity index is 2.58. The van der Waals surface area contributed by atoms with Gasteiger partial charge in [0.15, 0.2) is 5.82 Å². The monoisotopic (exact) mass is 270 g/mol. The highest BCUT2D eigenvalue weighted by atomic mass is 35.5. The minimum Gasteiger partial charge on any atom is -0.493 e. The minimum absolute atomic E-state index is 0.0153. The van der Waals surface area contributed by atoms with E-state index in [4.69, 9.17) is 16.3 Å². The zero-order valence-electron chi connectivity index (χ0n) is 9.45. The van der Waals surface area contributed by atoms with E-state index in [1.165, 1.54) is 18.2 Å². The van der Waals surface area contributed by atoms with E-state index in [1.807, 2.05) is 0 Å². The van der Waals surface area contributed by atoms with Gasteiger partial charge in [0.2, 0.25) is 5.28 Å². The lowest BCUT2D eigenvalue weighted by Gasteiger charge is -2.10. The van der Waals surface area contributed by atoms with Gasteiger partial charge in [-0.25, -0.2) is 18.7 Å². The molecule has 94 valence electrons. The van der Waals surface area contributed by atoms with E-state index in [-0.39, 0.29) is 16.7 Å². The molecule has 1 heterocycles. The van der Waals surface area contributed by atoms with Crippen LogP contribution in [0.1, 0.15) is 6.92 Å². The molecule has 2 aromatic rings. The molecule has 0 radical (unpaired) electrons. The minimum atomic E-state index is -0.646. The van der Waals surface area contributed by atoms with Crippen LogP contribution >= 0.6 is 11.6 Å². The summed E-state index contributed by atoms with van der Waals surface area (Å²) in [6.45, 7) is 2.08. The fraction of sp³-hybridized carbons (Fsp3) is 0.167. The summed E-state index contributed by atoms with van der Waals surface area (Å²) in [5, 5.41) is -0.0850. The number of ether oxygens (including phenoxy) is 1. The van der Waals surface area contributed by atoms with Gasteiger partial charge in [0.1, 0.15) is 17.3 Å². The summed E-state index contributed by atoms with van der Waals surface area (Å²) < 4.78 is 32.0. The van der Waals surface area contributed by atoms with Gasteiger partial charge in [-0.05, 0) is 30.7 Å². The molecule has 1 aromatic heterocycles. The Hall–Kier alpha value is -1.75. The van der Waals surface area contributed by atoms with Crippen LogP contribution in [0.5, 0.6) is 5.75 Å². The van der Waals surface area contributed by atoms with Crippen LogP contribution in [0.3, 0.4) is 0 Å². The van der Waals surface area contributed by atoms with Gasteiger partial charge in [0.25, 0.3) is 0 Å². The van der Waals surface area contributed by atoms with Crippen molar-refractivity contribution < 1.29 is 13.5 Å². The van der Waals surface area contributed by atoms with Crippen LogP contribution in [-0.4, -0.2) is 16.6 Å². The third kappa shape index (κ3) is 2.56. The highest BCUT2D eigenvalue weighted by Gasteiger charge is 2.14. The third-order valence-electron chi connectivity index (χ3n) is 2.21. The number of hydrogen-bond donors (Lipinski definition) is 0. The van der Waals surface area contributed by atoms with E-state index in [0.29, 0.717) is 12.2 Å². The Morgan fingerprint density at radius 2 is 2.11 bits per heavy atom. The Bertz CT molecular complexity index is 578. The maximum atomic E-state index is 13.6. The van der Waals surface area contributed by atoms with E-state index in [2.05, 4.69) is 9.97 Å². The zero-order chi connectivity index (χ0) is 13.1. The van der Waals surface area contributed by atoms with Gasteiger partial charge in [-0.3, -0.25) is 0 Å². The molecular formula is C12H9ClF2N2O. The first-order valence-corrected chi connectivity index (χ1v) is 5.60. The van der Waals surface area contributed by atoms with E-state index in [9.17, 15) is 8.78 Å². The predicted molar refractivity (Wildman–Crippen MR) is 63.6 cm³/mol. The molecule has 0 atom stereocenters. The molecule has 0 saturated carbocycles. The molecule has 0 saturated heterocycles. The number of hydrogen-bond acceptors (Lipinski definition) is 3. The van der Waals surface area contributed by atoms with Gasteiger partial charge in [-0.15, -0.1) is 0 Å². The Kier molecular flexibility index (Phi) is 3.72. The van der Waals surface area contributed by atoms with Gasteiger partial charge in [0.05, 0.1) is 12.8 Å². The lowest BCUT2D eigenvalue weighted by Crippen LogP contribution is -1.98. The molecule has 0 spiro atoms. The zero-order valence-corrected chi connectivity index (χ0v) is 10.2. The molecule has 3 nitrogen and oxygen atoms in total. The molecule has 1 aromatic carbocycles. The normalized spacial score (nSPS) is 10.4. The van der Waals surface area contributed by atoms with Crippen molar-refractivity contribution in [2.75, 3.05) is 6.61 Å². The molecule has 2 rings (SSSR count). The number of benzene rings is 1. The second-order valence-corrected chi connectivity index (χ2v) is 3.75. The van der Waals surface area contributed by atoms with Crippen molar-refractivity contribution in [1.82, 2.24) is 9.97 Å². The van der Waals surface area contributed by atoms with Crippen LogP contribution in [0.15, 0.2) is 24.4 Å². The lowest BCUT2D eigenvalue weighted by molar-refractivity contribution is 0.339. The van der Waals surface area contributed by atoms with E-state index >= 15 is 0 Å². The smallest absolute Gasteiger partial charge is 0.223 e. The van der Waals surface area contributed by atoms with Crippen molar-refractivity contribution in [2.24, 2.45) is 0 Å². The predicted octanol–water partition coefficient (Wildman–Crippen LogP) is 3.47. The fourth-order valence-electron chi connectivity index (χ4n) is 1.50. The molecule has 0 amide bonds. The highest BCUT2D eigenvalue weighted by molar-refractivity contribution is 6.28. The van der Waals surface area contributed by atoms with Crippen molar-refractivity contribution >= 4 is 11.6 Å². The molecule has 0 unspecified atom stereocenters. The quantitative estimate of drug-likeness (QED) is 0.801. The summed E-state index contributed by atoms with van der Waals surface area (Å²) in [5.41, 5.74) is 0.318. The number of aromatic nitrogens is 2. The molecule has 0 aliphatic rings. The van der Waals surface area contributed by atoms with Crippen molar-refractivity contribution in [3.8, 4) is 17.0 Å². The number of rotatable bonds is 3. The first-order valence-electron chi connectivity index (χ1n) is 5.22. The van der Waals surface area contributed by atoms with Gasteiger partial charge in [-0.1, -0.05) is 0 Å². The van der Waals surface area contributed by atoms with E-state index in [0.717, 1.165) is 6.20 Å². The molecule has 0 N–H and O–H groups in total. The summed E-state index contributed by atoms with van der Waals surface area (Å²) >= 11 is 5.62. The maximum Gasteiger partial charge on any atom is 0.223 e. The van der Waals surface area contributed by atoms with Crippen LogP contribution in [-0.2, 0) is 0 Å². The Morgan fingerprint density at radius 1 is 1.33 bits per heavy atom. The average Bonchev–Trinajstić information content (AvgIpc) is 2.33. The SMILES string of the molecule is CCOc1cc(F)ccc1-c1nc(Cl)ncc1F. The van der Waals surface area contributed by atoms with E-state index < -0.39 is 11.6 Å². The highest BCUT2D eigenvalue weighted by Crippen LogP contribution is 2.31. The Labute approximate surface area is 107 Å². The summed E-state index contributed by atoms with van der Waals surface area (Å²) in [6, 6.07) is 3.77. The second kappa shape index (κ2) is 5.27. The molecule has 0 bridgehead atoms. The first-order chi connectivity index (χ1) is 8.61. The van der Waals surface area contributed by atoms with Crippen LogP contribution in [0.25, 0.3) is 11.3 Å². The average molecular weight is 271 g/mol. The van der Waals surface area contributed by atoms with Crippen molar-refractivity contribution in [3.05, 3.63) is 41.3 Å². The molecule has 18 heavy (non-hydrogen) atoms. The molecule has 0 aliphatic carbocycles. The Morgan fingerprint density at radius 3 is 2.83 bits per heavy atom. The third-order valence-corrected chi connectivity index (χ3v) is 2.40. The largest absolute Gasteiger partial charge is 0.493 e.